The Labute approximate surface area is 139 Å². The van der Waals surface area contributed by atoms with Crippen molar-refractivity contribution in [1.82, 2.24) is 0 Å². The monoisotopic (exact) mass is 358 g/mol. The van der Waals surface area contributed by atoms with Crippen molar-refractivity contribution in [2.24, 2.45) is 0 Å². The zero-order valence-corrected chi connectivity index (χ0v) is 12.6. The molecule has 0 unspecified atom stereocenters. The molecule has 0 aliphatic carbocycles. The molecule has 0 atom stereocenters. The number of benzene rings is 2. The van der Waals surface area contributed by atoms with Crippen LogP contribution in [0.4, 0.5) is 29.3 Å². The lowest BCUT2D eigenvalue weighted by atomic mass is 10.1. The molecule has 5 nitrogen and oxygen atoms in total. The maximum absolute atomic E-state index is 12.6. The lowest BCUT2D eigenvalue weighted by Crippen LogP contribution is -2.21. The first kappa shape index (κ1) is 17.6. The smallest absolute Gasteiger partial charge is 0.416 e. The van der Waals surface area contributed by atoms with Gasteiger partial charge in [0.2, 0.25) is 0 Å². The number of nitrogens with one attached hydrogen (secondary N) is 2. The summed E-state index contributed by atoms with van der Waals surface area (Å²) in [5.74, 6) is -1.60. The summed E-state index contributed by atoms with van der Waals surface area (Å²) >= 11 is 5.76. The van der Waals surface area contributed by atoms with E-state index in [2.05, 4.69) is 10.6 Å². The zero-order chi connectivity index (χ0) is 17.9. The van der Waals surface area contributed by atoms with Gasteiger partial charge >= 0.3 is 18.2 Å². The molecule has 0 spiro atoms. The van der Waals surface area contributed by atoms with Crippen molar-refractivity contribution in [1.29, 1.82) is 0 Å². The average Bonchev–Trinajstić information content (AvgIpc) is 2.46. The molecule has 2 amide bonds. The van der Waals surface area contributed by atoms with E-state index in [0.717, 1.165) is 6.07 Å². The fourth-order valence-corrected chi connectivity index (χ4v) is 2.05. The van der Waals surface area contributed by atoms with Crippen molar-refractivity contribution in [3.05, 3.63) is 58.6 Å². The van der Waals surface area contributed by atoms with Gasteiger partial charge in [0, 0.05) is 10.7 Å². The van der Waals surface area contributed by atoms with Crippen LogP contribution in [0.5, 0.6) is 0 Å². The summed E-state index contributed by atoms with van der Waals surface area (Å²) in [7, 11) is 0. The average molecular weight is 359 g/mol. The fourth-order valence-electron chi connectivity index (χ4n) is 1.86. The molecule has 0 heterocycles. The number of halogens is 4. The molecule has 0 fully saturated rings. The fraction of sp³-hybridized carbons (Fsp3) is 0.0667. The summed E-state index contributed by atoms with van der Waals surface area (Å²) in [6.45, 7) is 0. The molecule has 2 aromatic carbocycles. The van der Waals surface area contributed by atoms with E-state index in [-0.39, 0.29) is 5.69 Å². The second-order valence-electron chi connectivity index (χ2n) is 4.65. The van der Waals surface area contributed by atoms with Gasteiger partial charge in [-0.15, -0.1) is 0 Å². The number of rotatable bonds is 3. The van der Waals surface area contributed by atoms with E-state index in [1.165, 1.54) is 12.1 Å². The molecule has 0 radical (unpaired) electrons. The number of amides is 2. The van der Waals surface area contributed by atoms with Gasteiger partial charge in [-0.3, -0.25) is 0 Å². The molecule has 3 N–H and O–H groups in total. The van der Waals surface area contributed by atoms with Gasteiger partial charge in [-0.25, -0.2) is 9.59 Å². The third-order valence-corrected chi connectivity index (χ3v) is 3.14. The lowest BCUT2D eigenvalue weighted by molar-refractivity contribution is -0.137. The summed E-state index contributed by atoms with van der Waals surface area (Å²) in [6, 6.07) is 7.35. The highest BCUT2D eigenvalue weighted by Crippen LogP contribution is 2.32. The number of carbonyl (C=O) groups excluding carboxylic acids is 1. The van der Waals surface area contributed by atoms with Gasteiger partial charge < -0.3 is 15.7 Å². The summed E-state index contributed by atoms with van der Waals surface area (Å²) in [4.78, 5) is 23.0. The van der Waals surface area contributed by atoms with Crippen LogP contribution in [0.3, 0.4) is 0 Å². The first-order valence-electron chi connectivity index (χ1n) is 6.45. The van der Waals surface area contributed by atoms with E-state index >= 15 is 0 Å². The zero-order valence-electron chi connectivity index (χ0n) is 11.8. The van der Waals surface area contributed by atoms with Crippen molar-refractivity contribution >= 4 is 35.0 Å². The van der Waals surface area contributed by atoms with Crippen LogP contribution in [0.1, 0.15) is 15.9 Å². The number of anilines is 2. The first-order valence-corrected chi connectivity index (χ1v) is 6.83. The van der Waals surface area contributed by atoms with Gasteiger partial charge in [0.15, 0.2) is 0 Å². The number of carboxylic acids is 1. The third-order valence-electron chi connectivity index (χ3n) is 2.91. The predicted octanol–water partition coefficient (Wildman–Crippen LogP) is 4.70. The van der Waals surface area contributed by atoms with Crippen LogP contribution in [-0.2, 0) is 6.18 Å². The summed E-state index contributed by atoms with van der Waals surface area (Å²) < 4.78 is 37.9. The topological polar surface area (TPSA) is 78.4 Å². The van der Waals surface area contributed by atoms with Crippen LogP contribution in [0, 0.1) is 0 Å². The summed E-state index contributed by atoms with van der Waals surface area (Å²) in [6.07, 6.45) is -4.69. The van der Waals surface area contributed by atoms with E-state index in [9.17, 15) is 22.8 Å². The van der Waals surface area contributed by atoms with Gasteiger partial charge in [-0.1, -0.05) is 17.7 Å². The van der Waals surface area contributed by atoms with Crippen molar-refractivity contribution in [2.45, 2.75) is 6.18 Å². The van der Waals surface area contributed by atoms with E-state index in [1.54, 1.807) is 12.1 Å². The normalized spacial score (nSPS) is 11.0. The van der Waals surface area contributed by atoms with Crippen LogP contribution in [0.25, 0.3) is 0 Å². The molecule has 2 aromatic rings. The van der Waals surface area contributed by atoms with Gasteiger partial charge in [0.1, 0.15) is 0 Å². The van der Waals surface area contributed by atoms with Crippen LogP contribution in [-0.4, -0.2) is 17.1 Å². The van der Waals surface area contributed by atoms with Gasteiger partial charge in [-0.05, 0) is 36.4 Å². The molecule has 0 aromatic heterocycles. The molecule has 24 heavy (non-hydrogen) atoms. The van der Waals surface area contributed by atoms with Crippen molar-refractivity contribution < 1.29 is 27.9 Å². The minimum absolute atomic E-state index is 0.268. The van der Waals surface area contributed by atoms with Gasteiger partial charge in [0.25, 0.3) is 0 Å². The van der Waals surface area contributed by atoms with Crippen LogP contribution in [0.15, 0.2) is 42.5 Å². The van der Waals surface area contributed by atoms with Crippen LogP contribution >= 0.6 is 11.6 Å². The number of carboxylic acid groups (broad SMARTS) is 1. The molecule has 9 heteroatoms. The maximum atomic E-state index is 12.6. The summed E-state index contributed by atoms with van der Waals surface area (Å²) in [5.41, 5.74) is -1.73. The second kappa shape index (κ2) is 6.79. The molecule has 0 aliphatic rings. The first-order chi connectivity index (χ1) is 11.2. The Kier molecular flexibility index (Phi) is 4.99. The number of hydrogen-bond donors (Lipinski definition) is 3. The molecule has 0 bridgehead atoms. The quantitative estimate of drug-likeness (QED) is 0.744. The predicted molar refractivity (Wildman–Crippen MR) is 82.5 cm³/mol. The van der Waals surface area contributed by atoms with Gasteiger partial charge in [-0.2, -0.15) is 13.2 Å². The Bertz CT molecular complexity index is 794. The van der Waals surface area contributed by atoms with Crippen molar-refractivity contribution in [3.8, 4) is 0 Å². The van der Waals surface area contributed by atoms with E-state index in [4.69, 9.17) is 16.7 Å². The number of aromatic carboxylic acids is 1. The van der Waals surface area contributed by atoms with Crippen LogP contribution < -0.4 is 10.6 Å². The Morgan fingerprint density at radius 1 is 1.04 bits per heavy atom. The Balaban J connectivity index is 2.22. The molecule has 0 saturated heterocycles. The number of hydrogen-bond acceptors (Lipinski definition) is 2. The molecular weight excluding hydrogens is 349 g/mol. The highest BCUT2D eigenvalue weighted by molar-refractivity contribution is 6.30. The maximum Gasteiger partial charge on any atom is 0.416 e. The highest BCUT2D eigenvalue weighted by Gasteiger charge is 2.32. The van der Waals surface area contributed by atoms with E-state index in [1.807, 2.05) is 0 Å². The molecule has 0 saturated carbocycles. The lowest BCUT2D eigenvalue weighted by Gasteiger charge is -2.13. The third kappa shape index (κ3) is 4.39. The van der Waals surface area contributed by atoms with Crippen LogP contribution in [0.2, 0.25) is 5.02 Å². The van der Waals surface area contributed by atoms with Gasteiger partial charge in [0.05, 0.1) is 16.8 Å². The number of alkyl halides is 3. The largest absolute Gasteiger partial charge is 0.478 e. The Morgan fingerprint density at radius 3 is 2.33 bits per heavy atom. The number of carbonyl (C=O) groups is 2. The standard InChI is InChI=1S/C15H10ClF3N2O3/c16-9-2-1-3-10(7-9)20-14(24)21-12-5-4-8(15(17,18)19)6-11(12)13(22)23/h1-7H,(H,22,23)(H2,20,21,24). The van der Waals surface area contributed by atoms with E-state index in [0.29, 0.717) is 22.8 Å². The second-order valence-corrected chi connectivity index (χ2v) is 5.09. The molecule has 126 valence electrons. The highest BCUT2D eigenvalue weighted by atomic mass is 35.5. The Morgan fingerprint density at radius 2 is 1.75 bits per heavy atom. The van der Waals surface area contributed by atoms with Crippen molar-refractivity contribution in [3.63, 3.8) is 0 Å². The Hall–Kier alpha value is -2.74. The SMILES string of the molecule is O=C(Nc1cccc(Cl)c1)Nc1ccc(C(F)(F)F)cc1C(=O)O. The molecule has 2 rings (SSSR count). The summed E-state index contributed by atoms with van der Waals surface area (Å²) in [5, 5.41) is 14.0. The molecule has 0 aliphatic heterocycles. The van der Waals surface area contributed by atoms with Crippen molar-refractivity contribution in [2.75, 3.05) is 10.6 Å². The minimum Gasteiger partial charge on any atom is -0.478 e. The molecular formula is C15H10ClF3N2O3. The minimum atomic E-state index is -4.69. The van der Waals surface area contributed by atoms with E-state index < -0.39 is 29.3 Å². The number of urea groups is 1.